The van der Waals surface area contributed by atoms with Crippen LogP contribution in [-0.2, 0) is 4.79 Å². The van der Waals surface area contributed by atoms with Gasteiger partial charge in [-0.15, -0.1) is 0 Å². The van der Waals surface area contributed by atoms with Gasteiger partial charge in [0, 0.05) is 11.6 Å². The SMILES string of the molecule is Cc1ccccc1C(=O)NCC(=O)NC1CCCC(C)C1. The number of carbonyl (C=O) groups is 2. The number of nitrogens with one attached hydrogen (secondary N) is 2. The molecule has 0 radical (unpaired) electrons. The fourth-order valence-electron chi connectivity index (χ4n) is 2.93. The van der Waals surface area contributed by atoms with Crippen molar-refractivity contribution in [1.82, 2.24) is 10.6 Å². The van der Waals surface area contributed by atoms with Gasteiger partial charge in [-0.2, -0.15) is 0 Å². The van der Waals surface area contributed by atoms with Crippen molar-refractivity contribution in [3.63, 3.8) is 0 Å². The molecule has 1 aliphatic rings. The number of benzene rings is 1. The van der Waals surface area contributed by atoms with E-state index in [1.807, 2.05) is 25.1 Å². The lowest BCUT2D eigenvalue weighted by Gasteiger charge is -2.27. The summed E-state index contributed by atoms with van der Waals surface area (Å²) in [6.45, 7) is 4.15. The van der Waals surface area contributed by atoms with E-state index in [1.165, 1.54) is 12.8 Å². The summed E-state index contributed by atoms with van der Waals surface area (Å²) in [7, 11) is 0. The lowest BCUT2D eigenvalue weighted by molar-refractivity contribution is -0.121. The van der Waals surface area contributed by atoms with Crippen molar-refractivity contribution in [3.05, 3.63) is 35.4 Å². The molecule has 0 saturated heterocycles. The number of carbonyl (C=O) groups excluding carboxylic acids is 2. The highest BCUT2D eigenvalue weighted by Crippen LogP contribution is 2.23. The first kappa shape index (κ1) is 15.5. The van der Waals surface area contributed by atoms with E-state index in [2.05, 4.69) is 17.6 Å². The summed E-state index contributed by atoms with van der Waals surface area (Å²) in [5.41, 5.74) is 1.54. The number of hydrogen-bond donors (Lipinski definition) is 2. The largest absolute Gasteiger partial charge is 0.352 e. The number of rotatable bonds is 4. The Bertz CT molecular complexity index is 513. The molecule has 0 aliphatic heterocycles. The molecule has 1 fully saturated rings. The standard InChI is InChI=1S/C17H24N2O2/c1-12-6-5-8-14(10-12)19-16(20)11-18-17(21)15-9-4-3-7-13(15)2/h3-4,7,9,12,14H,5-6,8,10-11H2,1-2H3,(H,18,21)(H,19,20). The zero-order valence-electron chi connectivity index (χ0n) is 12.8. The van der Waals surface area contributed by atoms with Crippen LogP contribution in [0.2, 0.25) is 0 Å². The Hall–Kier alpha value is -1.84. The monoisotopic (exact) mass is 288 g/mol. The van der Waals surface area contributed by atoms with Gasteiger partial charge in [-0.1, -0.05) is 38.0 Å². The van der Waals surface area contributed by atoms with Gasteiger partial charge in [0.2, 0.25) is 5.91 Å². The van der Waals surface area contributed by atoms with E-state index >= 15 is 0 Å². The van der Waals surface area contributed by atoms with Crippen molar-refractivity contribution in [2.75, 3.05) is 6.54 Å². The van der Waals surface area contributed by atoms with Crippen LogP contribution in [0, 0.1) is 12.8 Å². The van der Waals surface area contributed by atoms with Crippen molar-refractivity contribution in [2.24, 2.45) is 5.92 Å². The second-order valence-electron chi connectivity index (χ2n) is 6.03. The van der Waals surface area contributed by atoms with E-state index in [-0.39, 0.29) is 24.4 Å². The maximum atomic E-state index is 12.0. The van der Waals surface area contributed by atoms with E-state index in [1.54, 1.807) is 6.07 Å². The van der Waals surface area contributed by atoms with Crippen molar-refractivity contribution in [1.29, 1.82) is 0 Å². The highest BCUT2D eigenvalue weighted by molar-refractivity contribution is 5.97. The molecule has 1 aliphatic carbocycles. The number of aryl methyl sites for hydroxylation is 1. The van der Waals surface area contributed by atoms with Crippen LogP contribution in [0.3, 0.4) is 0 Å². The summed E-state index contributed by atoms with van der Waals surface area (Å²) in [6.07, 6.45) is 4.50. The van der Waals surface area contributed by atoms with Crippen LogP contribution >= 0.6 is 0 Å². The zero-order chi connectivity index (χ0) is 15.2. The predicted octanol–water partition coefficient (Wildman–Crippen LogP) is 2.42. The first-order valence-corrected chi connectivity index (χ1v) is 7.69. The molecule has 2 unspecified atom stereocenters. The molecular weight excluding hydrogens is 264 g/mol. The second-order valence-corrected chi connectivity index (χ2v) is 6.03. The number of amides is 2. The molecule has 2 rings (SSSR count). The van der Waals surface area contributed by atoms with Crippen LogP contribution in [0.4, 0.5) is 0 Å². The van der Waals surface area contributed by atoms with Gasteiger partial charge in [0.1, 0.15) is 0 Å². The lowest BCUT2D eigenvalue weighted by Crippen LogP contribution is -2.43. The summed E-state index contributed by atoms with van der Waals surface area (Å²) >= 11 is 0. The summed E-state index contributed by atoms with van der Waals surface area (Å²) < 4.78 is 0. The van der Waals surface area contributed by atoms with E-state index < -0.39 is 0 Å². The van der Waals surface area contributed by atoms with Gasteiger partial charge in [-0.05, 0) is 37.3 Å². The molecule has 114 valence electrons. The normalized spacial score (nSPS) is 21.6. The molecule has 2 amide bonds. The van der Waals surface area contributed by atoms with Crippen molar-refractivity contribution < 1.29 is 9.59 Å². The first-order chi connectivity index (χ1) is 10.1. The van der Waals surface area contributed by atoms with Gasteiger partial charge in [0.15, 0.2) is 0 Å². The van der Waals surface area contributed by atoms with Gasteiger partial charge in [0.05, 0.1) is 6.54 Å². The molecule has 1 aromatic rings. The van der Waals surface area contributed by atoms with Crippen LogP contribution in [-0.4, -0.2) is 24.4 Å². The molecule has 4 heteroatoms. The van der Waals surface area contributed by atoms with E-state index in [4.69, 9.17) is 0 Å². The molecule has 4 nitrogen and oxygen atoms in total. The molecule has 1 saturated carbocycles. The Balaban J connectivity index is 1.78. The fraction of sp³-hybridized carbons (Fsp3) is 0.529. The average Bonchev–Trinajstić information content (AvgIpc) is 2.45. The minimum absolute atomic E-state index is 0.0397. The number of hydrogen-bond acceptors (Lipinski definition) is 2. The smallest absolute Gasteiger partial charge is 0.251 e. The molecule has 2 atom stereocenters. The summed E-state index contributed by atoms with van der Waals surface area (Å²) in [4.78, 5) is 23.9. The van der Waals surface area contributed by atoms with Crippen LogP contribution in [0.25, 0.3) is 0 Å². The summed E-state index contributed by atoms with van der Waals surface area (Å²) in [5, 5.41) is 5.71. The minimum atomic E-state index is -0.194. The Morgan fingerprint density at radius 1 is 1.24 bits per heavy atom. The van der Waals surface area contributed by atoms with Gasteiger partial charge in [0.25, 0.3) is 5.91 Å². The van der Waals surface area contributed by atoms with E-state index in [9.17, 15) is 9.59 Å². The second kappa shape index (κ2) is 7.25. The fourth-order valence-corrected chi connectivity index (χ4v) is 2.93. The Morgan fingerprint density at radius 3 is 2.71 bits per heavy atom. The predicted molar refractivity (Wildman–Crippen MR) is 83.1 cm³/mol. The Kier molecular flexibility index (Phi) is 5.37. The zero-order valence-corrected chi connectivity index (χ0v) is 12.8. The third-order valence-corrected chi connectivity index (χ3v) is 4.10. The molecule has 0 aromatic heterocycles. The maximum absolute atomic E-state index is 12.0. The third kappa shape index (κ3) is 4.59. The van der Waals surface area contributed by atoms with Crippen LogP contribution in [0.1, 0.15) is 48.5 Å². The molecule has 0 spiro atoms. The molecule has 0 bridgehead atoms. The Labute approximate surface area is 126 Å². The molecular formula is C17H24N2O2. The minimum Gasteiger partial charge on any atom is -0.352 e. The first-order valence-electron chi connectivity index (χ1n) is 7.69. The maximum Gasteiger partial charge on any atom is 0.251 e. The lowest BCUT2D eigenvalue weighted by atomic mass is 9.87. The van der Waals surface area contributed by atoms with Crippen molar-refractivity contribution >= 4 is 11.8 Å². The van der Waals surface area contributed by atoms with Gasteiger partial charge in [-0.3, -0.25) is 9.59 Å². The Morgan fingerprint density at radius 2 is 2.00 bits per heavy atom. The summed E-state index contributed by atoms with van der Waals surface area (Å²) in [5.74, 6) is 0.377. The topological polar surface area (TPSA) is 58.2 Å². The van der Waals surface area contributed by atoms with Crippen molar-refractivity contribution in [3.8, 4) is 0 Å². The molecule has 21 heavy (non-hydrogen) atoms. The van der Waals surface area contributed by atoms with Gasteiger partial charge >= 0.3 is 0 Å². The van der Waals surface area contributed by atoms with Crippen LogP contribution < -0.4 is 10.6 Å². The van der Waals surface area contributed by atoms with Gasteiger partial charge < -0.3 is 10.6 Å². The van der Waals surface area contributed by atoms with Crippen LogP contribution in [0.15, 0.2) is 24.3 Å². The molecule has 0 heterocycles. The van der Waals surface area contributed by atoms with Gasteiger partial charge in [-0.25, -0.2) is 0 Å². The van der Waals surface area contributed by atoms with E-state index in [0.29, 0.717) is 11.5 Å². The average molecular weight is 288 g/mol. The highest BCUT2D eigenvalue weighted by atomic mass is 16.2. The third-order valence-electron chi connectivity index (χ3n) is 4.10. The molecule has 2 N–H and O–H groups in total. The summed E-state index contributed by atoms with van der Waals surface area (Å²) in [6, 6.07) is 7.63. The van der Waals surface area contributed by atoms with Crippen molar-refractivity contribution in [2.45, 2.75) is 45.6 Å². The molecule has 1 aromatic carbocycles. The highest BCUT2D eigenvalue weighted by Gasteiger charge is 2.20. The van der Waals surface area contributed by atoms with Crippen LogP contribution in [0.5, 0.6) is 0 Å². The quantitative estimate of drug-likeness (QED) is 0.894. The van der Waals surface area contributed by atoms with E-state index in [0.717, 1.165) is 18.4 Å².